The van der Waals surface area contributed by atoms with Crippen molar-refractivity contribution < 1.29 is 32.1 Å². The zero-order chi connectivity index (χ0) is 27.4. The van der Waals surface area contributed by atoms with Crippen molar-refractivity contribution in [2.24, 2.45) is 5.92 Å². The van der Waals surface area contributed by atoms with Gasteiger partial charge in [-0.3, -0.25) is 19.7 Å². The highest BCUT2D eigenvalue weighted by atomic mass is 32.2. The van der Waals surface area contributed by atoms with Crippen LogP contribution in [0.15, 0.2) is 41.3 Å². The molecule has 36 heavy (non-hydrogen) atoms. The number of nitrogens with one attached hydrogen (secondary N) is 1. The Morgan fingerprint density at radius 2 is 1.78 bits per heavy atom. The number of aryl methyl sites for hydroxylation is 2. The molecule has 0 amide bonds. The van der Waals surface area contributed by atoms with Gasteiger partial charge in [0.25, 0.3) is 5.69 Å². The van der Waals surface area contributed by atoms with Gasteiger partial charge in [0.05, 0.1) is 16.9 Å². The number of sulfonamides is 1. The second-order valence-corrected chi connectivity index (χ2v) is 11.4. The second kappa shape index (κ2) is 11.3. The van der Waals surface area contributed by atoms with Crippen LogP contribution in [0.1, 0.15) is 50.8 Å². The van der Waals surface area contributed by atoms with E-state index >= 15 is 0 Å². The molecule has 0 aliphatic carbocycles. The molecule has 0 aliphatic heterocycles. The van der Waals surface area contributed by atoms with Crippen molar-refractivity contribution in [1.29, 1.82) is 0 Å². The summed E-state index contributed by atoms with van der Waals surface area (Å²) in [6.45, 7) is 9.68. The summed E-state index contributed by atoms with van der Waals surface area (Å²) in [6, 6.07) is 6.52. The van der Waals surface area contributed by atoms with Gasteiger partial charge in [-0.05, 0) is 76.8 Å². The molecule has 0 saturated carbocycles. The minimum Gasteiger partial charge on any atom is -0.460 e. The van der Waals surface area contributed by atoms with Gasteiger partial charge in [0.15, 0.2) is 10.7 Å². The van der Waals surface area contributed by atoms with Crippen LogP contribution in [0.4, 0.5) is 10.1 Å². The number of hydrogen-bond acceptors (Lipinski definition) is 7. The number of ether oxygens (including phenoxy) is 1. The Balaban J connectivity index is 2.30. The SMILES string of the molecule is Cc1cc(C)c(C[C@H](CC(=O)[C@H](C)NS(=O)(=O)c2ccccc2[N+](=O)[O-])C(=O)OC(C)(C)C)c(F)c1. The highest BCUT2D eigenvalue weighted by Crippen LogP contribution is 2.26. The van der Waals surface area contributed by atoms with Gasteiger partial charge in [0.2, 0.25) is 10.0 Å². The molecule has 0 saturated heterocycles. The van der Waals surface area contributed by atoms with E-state index in [1.54, 1.807) is 40.7 Å². The van der Waals surface area contributed by atoms with Gasteiger partial charge in [-0.2, -0.15) is 0 Å². The first-order valence-electron chi connectivity index (χ1n) is 11.3. The Morgan fingerprint density at radius 3 is 2.33 bits per heavy atom. The van der Waals surface area contributed by atoms with Crippen molar-refractivity contribution in [1.82, 2.24) is 4.72 Å². The maximum absolute atomic E-state index is 14.7. The summed E-state index contributed by atoms with van der Waals surface area (Å²) in [7, 11) is -4.43. The van der Waals surface area contributed by atoms with Crippen LogP contribution in [0.3, 0.4) is 0 Å². The minimum absolute atomic E-state index is 0.123. The van der Waals surface area contributed by atoms with Crippen molar-refractivity contribution in [3.8, 4) is 0 Å². The zero-order valence-electron chi connectivity index (χ0n) is 21.1. The number of nitro groups is 1. The number of esters is 1. The molecular weight excluding hydrogens is 491 g/mol. The zero-order valence-corrected chi connectivity index (χ0v) is 21.9. The molecule has 0 heterocycles. The van der Waals surface area contributed by atoms with Crippen LogP contribution in [-0.4, -0.2) is 36.7 Å². The molecule has 1 N–H and O–H groups in total. The molecule has 2 atom stereocenters. The number of Topliss-reactive ketones (excluding diaryl/α,β-unsaturated/α-hetero) is 1. The standard InChI is InChI=1S/C25H31FN2O7S/c1-15-11-16(2)19(20(26)12-15)13-18(24(30)35-25(4,5)6)14-22(29)17(3)27-36(33,34)23-10-8-7-9-21(23)28(31)32/h7-12,17-18,27H,13-14H2,1-6H3/t17-,18+/m0/s1. The highest BCUT2D eigenvalue weighted by molar-refractivity contribution is 7.89. The van der Waals surface area contributed by atoms with E-state index < -0.39 is 67.1 Å². The predicted octanol–water partition coefficient (Wildman–Crippen LogP) is 4.18. The van der Waals surface area contributed by atoms with E-state index in [1.165, 1.54) is 25.1 Å². The third-order valence-corrected chi connectivity index (χ3v) is 6.96. The maximum Gasteiger partial charge on any atom is 0.310 e. The summed E-state index contributed by atoms with van der Waals surface area (Å²) in [6.07, 6.45) is -0.551. The van der Waals surface area contributed by atoms with Crippen LogP contribution in [0.5, 0.6) is 0 Å². The summed E-state index contributed by atoms with van der Waals surface area (Å²) < 4.78 is 47.9. The Bertz CT molecular complexity index is 1250. The third kappa shape index (κ3) is 7.66. The van der Waals surface area contributed by atoms with E-state index in [0.717, 1.165) is 12.1 Å². The number of ketones is 1. The third-order valence-electron chi connectivity index (χ3n) is 5.37. The molecular formula is C25H31FN2O7S. The number of halogens is 1. The van der Waals surface area contributed by atoms with Crippen molar-refractivity contribution in [2.45, 2.75) is 70.9 Å². The molecule has 2 aromatic carbocycles. The smallest absolute Gasteiger partial charge is 0.310 e. The number of hydrogen-bond donors (Lipinski definition) is 1. The van der Waals surface area contributed by atoms with Crippen molar-refractivity contribution >= 4 is 27.5 Å². The first-order chi connectivity index (χ1) is 16.5. The van der Waals surface area contributed by atoms with Gasteiger partial charge in [0, 0.05) is 12.5 Å². The summed E-state index contributed by atoms with van der Waals surface area (Å²) in [5.74, 6) is -2.97. The van der Waals surface area contributed by atoms with E-state index in [2.05, 4.69) is 4.72 Å². The lowest BCUT2D eigenvalue weighted by molar-refractivity contribution is -0.387. The lowest BCUT2D eigenvalue weighted by Crippen LogP contribution is -2.40. The second-order valence-electron chi connectivity index (χ2n) is 9.71. The number of nitrogens with zero attached hydrogens (tertiary/aromatic N) is 1. The van der Waals surface area contributed by atoms with E-state index in [0.29, 0.717) is 11.1 Å². The van der Waals surface area contributed by atoms with Crippen LogP contribution in [0, 0.1) is 35.7 Å². The number of para-hydroxylation sites is 1. The van der Waals surface area contributed by atoms with Gasteiger partial charge in [0.1, 0.15) is 11.4 Å². The van der Waals surface area contributed by atoms with Crippen LogP contribution >= 0.6 is 0 Å². The molecule has 2 rings (SSSR count). The van der Waals surface area contributed by atoms with E-state index in [1.807, 2.05) is 0 Å². The maximum atomic E-state index is 14.7. The first-order valence-corrected chi connectivity index (χ1v) is 12.8. The molecule has 9 nitrogen and oxygen atoms in total. The largest absolute Gasteiger partial charge is 0.460 e. The molecule has 11 heteroatoms. The molecule has 0 fully saturated rings. The fraction of sp³-hybridized carbons (Fsp3) is 0.440. The van der Waals surface area contributed by atoms with Crippen molar-refractivity contribution in [3.63, 3.8) is 0 Å². The Kier molecular flexibility index (Phi) is 9.08. The molecule has 0 aromatic heterocycles. The highest BCUT2D eigenvalue weighted by Gasteiger charge is 2.33. The minimum atomic E-state index is -4.43. The Morgan fingerprint density at radius 1 is 1.17 bits per heavy atom. The summed E-state index contributed by atoms with van der Waals surface area (Å²) >= 11 is 0. The van der Waals surface area contributed by atoms with Crippen LogP contribution in [-0.2, 0) is 30.8 Å². The molecule has 0 radical (unpaired) electrons. The molecule has 0 spiro atoms. The summed E-state index contributed by atoms with van der Waals surface area (Å²) in [5.41, 5.74) is 0.0768. The first kappa shape index (κ1) is 29.1. The van der Waals surface area contributed by atoms with Crippen LogP contribution in [0.2, 0.25) is 0 Å². The van der Waals surface area contributed by atoms with Crippen molar-refractivity contribution in [3.05, 3.63) is 69.0 Å². The van der Waals surface area contributed by atoms with E-state index in [-0.39, 0.29) is 12.0 Å². The van der Waals surface area contributed by atoms with Gasteiger partial charge in [-0.15, -0.1) is 0 Å². The van der Waals surface area contributed by atoms with Gasteiger partial charge >= 0.3 is 5.97 Å². The number of rotatable bonds is 10. The number of carbonyl (C=O) groups excluding carboxylic acids is 2. The topological polar surface area (TPSA) is 133 Å². The van der Waals surface area contributed by atoms with Crippen molar-refractivity contribution in [2.75, 3.05) is 0 Å². The Labute approximate surface area is 210 Å². The lowest BCUT2D eigenvalue weighted by atomic mass is 9.89. The normalized spacial score (nSPS) is 13.6. The van der Waals surface area contributed by atoms with Crippen LogP contribution in [0.25, 0.3) is 0 Å². The van der Waals surface area contributed by atoms with Gasteiger partial charge in [-0.1, -0.05) is 18.2 Å². The summed E-state index contributed by atoms with van der Waals surface area (Å²) in [5, 5.41) is 11.2. The van der Waals surface area contributed by atoms with Gasteiger partial charge in [-0.25, -0.2) is 17.5 Å². The number of carbonyl (C=O) groups is 2. The van der Waals surface area contributed by atoms with E-state index in [4.69, 9.17) is 4.74 Å². The fourth-order valence-electron chi connectivity index (χ4n) is 3.69. The molecule has 2 aromatic rings. The average Bonchev–Trinajstić information content (AvgIpc) is 2.73. The average molecular weight is 523 g/mol. The number of benzene rings is 2. The fourth-order valence-corrected chi connectivity index (χ4v) is 5.09. The van der Waals surface area contributed by atoms with E-state index in [9.17, 15) is 32.5 Å². The quantitative estimate of drug-likeness (QED) is 0.281. The van der Waals surface area contributed by atoms with Crippen LogP contribution < -0.4 is 4.72 Å². The predicted molar refractivity (Wildman–Crippen MR) is 131 cm³/mol. The number of nitro benzene ring substituents is 1. The monoisotopic (exact) mass is 522 g/mol. The molecule has 0 unspecified atom stereocenters. The Hall–Kier alpha value is -3.18. The molecule has 0 bridgehead atoms. The molecule has 196 valence electrons. The summed E-state index contributed by atoms with van der Waals surface area (Å²) in [4.78, 5) is 35.7. The molecule has 0 aliphatic rings. The lowest BCUT2D eigenvalue weighted by Gasteiger charge is -2.25. The van der Waals surface area contributed by atoms with Gasteiger partial charge < -0.3 is 4.74 Å².